The van der Waals surface area contributed by atoms with E-state index in [1.807, 2.05) is 29.2 Å². The molecule has 1 aromatic rings. The maximum atomic E-state index is 13.7. The zero-order chi connectivity index (χ0) is 23.4. The van der Waals surface area contributed by atoms with Crippen LogP contribution < -0.4 is 0 Å². The van der Waals surface area contributed by atoms with Crippen molar-refractivity contribution in [3.8, 4) is 0 Å². The van der Waals surface area contributed by atoms with E-state index in [0.717, 1.165) is 44.1 Å². The van der Waals surface area contributed by atoms with E-state index < -0.39 is 5.60 Å². The molecule has 0 bridgehead atoms. The molecule has 0 spiro atoms. The highest BCUT2D eigenvalue weighted by molar-refractivity contribution is 6.30. The summed E-state index contributed by atoms with van der Waals surface area (Å²) in [5, 5.41) is 12.0. The molecule has 1 heterocycles. The van der Waals surface area contributed by atoms with Crippen LogP contribution in [0.1, 0.15) is 69.8 Å². The van der Waals surface area contributed by atoms with Crippen LogP contribution in [0.2, 0.25) is 5.02 Å². The molecule has 1 N–H and O–H groups in total. The van der Waals surface area contributed by atoms with Crippen molar-refractivity contribution in [1.29, 1.82) is 0 Å². The smallest absolute Gasteiger partial charge is 0.409 e. The summed E-state index contributed by atoms with van der Waals surface area (Å²) in [6.45, 7) is 4.45. The number of benzene rings is 1. The molecule has 0 radical (unpaired) electrons. The van der Waals surface area contributed by atoms with Crippen LogP contribution in [-0.2, 0) is 9.53 Å². The highest BCUT2D eigenvalue weighted by Gasteiger charge is 2.53. The summed E-state index contributed by atoms with van der Waals surface area (Å²) < 4.78 is 5.32. The predicted molar refractivity (Wildman–Crippen MR) is 128 cm³/mol. The number of halogens is 1. The Kier molecular flexibility index (Phi) is 7.85. The summed E-state index contributed by atoms with van der Waals surface area (Å²) in [5.74, 6) is 0.505. The van der Waals surface area contributed by atoms with Gasteiger partial charge in [-0.1, -0.05) is 37.1 Å². The van der Waals surface area contributed by atoms with Gasteiger partial charge < -0.3 is 19.6 Å². The standard InChI is InChI=1S/C26H37ClN2O4/c1-2-3-17-33-25(31)29-15-13-28(14-16-29)24(30)23(19-5-4-6-22(27)18-19)11-12-26(32,20-7-8-20)21-9-10-21/h4-6,18,20-21,23,32H,2-3,7-17H2,1H3. The second-order valence-corrected chi connectivity index (χ2v) is 10.4. The van der Waals surface area contributed by atoms with Gasteiger partial charge in [0, 0.05) is 31.2 Å². The molecule has 4 rings (SSSR count). The molecule has 1 atom stereocenters. The van der Waals surface area contributed by atoms with E-state index in [9.17, 15) is 14.7 Å². The van der Waals surface area contributed by atoms with Crippen molar-refractivity contribution in [3.05, 3.63) is 34.9 Å². The number of unbranched alkanes of at least 4 members (excludes halogenated alkanes) is 1. The first-order chi connectivity index (χ1) is 15.9. The summed E-state index contributed by atoms with van der Waals surface area (Å²) in [6, 6.07) is 7.54. The fraction of sp³-hybridized carbons (Fsp3) is 0.692. The van der Waals surface area contributed by atoms with Gasteiger partial charge in [-0.05, 0) is 74.5 Å². The van der Waals surface area contributed by atoms with E-state index in [4.69, 9.17) is 16.3 Å². The van der Waals surface area contributed by atoms with Gasteiger partial charge in [-0.25, -0.2) is 4.79 Å². The first kappa shape index (κ1) is 24.3. The van der Waals surface area contributed by atoms with Gasteiger partial charge in [0.1, 0.15) is 0 Å². The van der Waals surface area contributed by atoms with E-state index >= 15 is 0 Å². The van der Waals surface area contributed by atoms with Crippen LogP contribution in [0.3, 0.4) is 0 Å². The van der Waals surface area contributed by atoms with Crippen LogP contribution >= 0.6 is 11.6 Å². The molecule has 2 aliphatic carbocycles. The van der Waals surface area contributed by atoms with E-state index in [-0.39, 0.29) is 17.9 Å². The van der Waals surface area contributed by atoms with Gasteiger partial charge in [0.05, 0.1) is 18.1 Å². The van der Waals surface area contributed by atoms with E-state index in [0.29, 0.717) is 62.5 Å². The van der Waals surface area contributed by atoms with Crippen molar-refractivity contribution in [3.63, 3.8) is 0 Å². The summed E-state index contributed by atoms with van der Waals surface area (Å²) >= 11 is 6.26. The Morgan fingerprint density at radius 2 is 1.76 bits per heavy atom. The van der Waals surface area contributed by atoms with Crippen LogP contribution in [0.25, 0.3) is 0 Å². The van der Waals surface area contributed by atoms with Gasteiger partial charge in [-0.3, -0.25) is 4.79 Å². The third-order valence-corrected chi connectivity index (χ3v) is 7.76. The second kappa shape index (κ2) is 10.6. The lowest BCUT2D eigenvalue weighted by Gasteiger charge is -2.37. The molecule has 1 aliphatic heterocycles. The number of carbonyl (C=O) groups is 2. The summed E-state index contributed by atoms with van der Waals surface area (Å²) in [6.07, 6.45) is 7.20. The van der Waals surface area contributed by atoms with Crippen molar-refractivity contribution in [2.75, 3.05) is 32.8 Å². The van der Waals surface area contributed by atoms with Crippen LogP contribution in [0.4, 0.5) is 4.79 Å². The number of hydrogen-bond donors (Lipinski definition) is 1. The molecule has 182 valence electrons. The molecule has 6 nitrogen and oxygen atoms in total. The van der Waals surface area contributed by atoms with Crippen LogP contribution in [0.5, 0.6) is 0 Å². The lowest BCUT2D eigenvalue weighted by atomic mass is 9.82. The number of piperazine rings is 1. The minimum Gasteiger partial charge on any atom is -0.449 e. The molecule has 0 aromatic heterocycles. The number of nitrogens with zero attached hydrogens (tertiary/aromatic N) is 2. The third kappa shape index (κ3) is 6.02. The van der Waals surface area contributed by atoms with E-state index in [1.54, 1.807) is 4.90 Å². The molecule has 33 heavy (non-hydrogen) atoms. The number of carbonyl (C=O) groups excluding carboxylic acids is 2. The molecule has 2 saturated carbocycles. The fourth-order valence-electron chi connectivity index (χ4n) is 5.16. The average Bonchev–Trinajstić information content (AvgIpc) is 3.72. The van der Waals surface area contributed by atoms with Crippen LogP contribution in [0, 0.1) is 11.8 Å². The first-order valence-electron chi connectivity index (χ1n) is 12.6. The van der Waals surface area contributed by atoms with Crippen molar-refractivity contribution < 1.29 is 19.4 Å². The second-order valence-electron chi connectivity index (χ2n) is 9.97. The Morgan fingerprint density at radius 1 is 1.12 bits per heavy atom. The van der Waals surface area contributed by atoms with Gasteiger partial charge in [0.25, 0.3) is 0 Å². The Bertz CT molecular complexity index is 819. The highest BCUT2D eigenvalue weighted by Crippen LogP contribution is 2.54. The van der Waals surface area contributed by atoms with Crippen molar-refractivity contribution in [1.82, 2.24) is 9.80 Å². The average molecular weight is 477 g/mol. The van der Waals surface area contributed by atoms with Crippen LogP contribution in [-0.4, -0.2) is 65.3 Å². The normalized spacial score (nSPS) is 20.0. The molecule has 1 aromatic carbocycles. The largest absolute Gasteiger partial charge is 0.449 e. The molecular weight excluding hydrogens is 440 g/mol. The van der Waals surface area contributed by atoms with E-state index in [2.05, 4.69) is 6.92 Å². The Labute approximate surface area is 202 Å². The topological polar surface area (TPSA) is 70.1 Å². The Morgan fingerprint density at radius 3 is 2.33 bits per heavy atom. The number of hydrogen-bond acceptors (Lipinski definition) is 4. The molecule has 1 saturated heterocycles. The minimum absolute atomic E-state index is 0.0604. The van der Waals surface area contributed by atoms with Gasteiger partial charge in [-0.2, -0.15) is 0 Å². The summed E-state index contributed by atoms with van der Waals surface area (Å²) in [4.78, 5) is 29.4. The molecule has 7 heteroatoms. The van der Waals surface area contributed by atoms with E-state index in [1.165, 1.54) is 0 Å². The third-order valence-electron chi connectivity index (χ3n) is 7.52. The maximum Gasteiger partial charge on any atom is 0.409 e. The number of rotatable bonds is 10. The fourth-order valence-corrected chi connectivity index (χ4v) is 5.36. The van der Waals surface area contributed by atoms with Crippen molar-refractivity contribution in [2.24, 2.45) is 11.8 Å². The van der Waals surface area contributed by atoms with Gasteiger partial charge >= 0.3 is 6.09 Å². The minimum atomic E-state index is -0.627. The number of amides is 2. The monoisotopic (exact) mass is 476 g/mol. The van der Waals surface area contributed by atoms with Gasteiger partial charge in [0.2, 0.25) is 5.91 Å². The molecule has 1 unspecified atom stereocenters. The van der Waals surface area contributed by atoms with Crippen LogP contribution in [0.15, 0.2) is 24.3 Å². The summed E-state index contributed by atoms with van der Waals surface area (Å²) in [5.41, 5.74) is 0.278. The van der Waals surface area contributed by atoms with Gasteiger partial charge in [-0.15, -0.1) is 0 Å². The molecule has 3 fully saturated rings. The predicted octanol–water partition coefficient (Wildman–Crippen LogP) is 4.84. The lowest BCUT2D eigenvalue weighted by molar-refractivity contribution is -0.135. The molecular formula is C26H37ClN2O4. The zero-order valence-corrected chi connectivity index (χ0v) is 20.4. The van der Waals surface area contributed by atoms with Crippen molar-refractivity contribution in [2.45, 2.75) is 69.8 Å². The molecule has 3 aliphatic rings. The number of ether oxygens (including phenoxy) is 1. The Hall–Kier alpha value is -1.79. The highest BCUT2D eigenvalue weighted by atomic mass is 35.5. The summed E-state index contributed by atoms with van der Waals surface area (Å²) in [7, 11) is 0. The lowest BCUT2D eigenvalue weighted by Crippen LogP contribution is -2.52. The SMILES string of the molecule is CCCCOC(=O)N1CCN(C(=O)C(CCC(O)(C2CC2)C2CC2)c2cccc(Cl)c2)CC1. The Balaban J connectivity index is 1.40. The molecule has 2 amide bonds. The number of aliphatic hydroxyl groups is 1. The van der Waals surface area contributed by atoms with Crippen molar-refractivity contribution >= 4 is 23.6 Å². The maximum absolute atomic E-state index is 13.7. The first-order valence-corrected chi connectivity index (χ1v) is 13.0. The zero-order valence-electron chi connectivity index (χ0n) is 19.7. The van der Waals surface area contributed by atoms with Gasteiger partial charge in [0.15, 0.2) is 0 Å². The quantitative estimate of drug-likeness (QED) is 0.491.